The lowest BCUT2D eigenvalue weighted by molar-refractivity contribution is -0.0135. The average Bonchev–Trinajstić information content (AvgIpc) is 2.61. The van der Waals surface area contributed by atoms with Crippen LogP contribution in [0.15, 0.2) is 0 Å². The molecule has 4 rings (SSSR count). The van der Waals surface area contributed by atoms with Gasteiger partial charge in [-0.3, -0.25) is 0 Å². The summed E-state index contributed by atoms with van der Waals surface area (Å²) in [5, 5.41) is 6.42. The van der Waals surface area contributed by atoms with Gasteiger partial charge in [0.25, 0.3) is 0 Å². The fourth-order valence-electron chi connectivity index (χ4n) is 5.71. The van der Waals surface area contributed by atoms with Crippen molar-refractivity contribution in [1.82, 2.24) is 10.6 Å². The first-order valence-corrected chi connectivity index (χ1v) is 10.8. The summed E-state index contributed by atoms with van der Waals surface area (Å²) in [7, 11) is 0. The molecule has 4 bridgehead atoms. The first kappa shape index (κ1) is 20.5. The van der Waals surface area contributed by atoms with E-state index in [4.69, 9.17) is 15.9 Å². The van der Waals surface area contributed by atoms with E-state index in [1.54, 1.807) is 0 Å². The number of carbonyl (C=O) groups excluding carboxylic acids is 1. The maximum Gasteiger partial charge on any atom is 0.315 e. The van der Waals surface area contributed by atoms with E-state index in [0.717, 1.165) is 50.2 Å². The molecule has 0 aromatic heterocycles. The Morgan fingerprint density at radius 2 is 1.56 bits per heavy atom. The number of nitrogens with one attached hydrogen (secondary N) is 2. The third kappa shape index (κ3) is 6.40. The molecule has 2 amide bonds. The van der Waals surface area contributed by atoms with Crippen molar-refractivity contribution in [2.45, 2.75) is 69.7 Å². The summed E-state index contributed by atoms with van der Waals surface area (Å²) in [4.78, 5) is 12.3. The quantitative estimate of drug-likeness (QED) is 0.405. The Kier molecular flexibility index (Phi) is 7.84. The van der Waals surface area contributed by atoms with Gasteiger partial charge in [0.1, 0.15) is 0 Å². The molecule has 2 N–H and O–H groups in total. The number of terminal acetylenes is 1. The van der Waals surface area contributed by atoms with Crippen molar-refractivity contribution >= 4 is 6.03 Å². The van der Waals surface area contributed by atoms with Gasteiger partial charge >= 0.3 is 6.03 Å². The van der Waals surface area contributed by atoms with E-state index in [0.29, 0.717) is 26.2 Å². The van der Waals surface area contributed by atoms with E-state index in [9.17, 15) is 4.79 Å². The molecule has 152 valence electrons. The van der Waals surface area contributed by atoms with Crippen LogP contribution in [0, 0.1) is 30.1 Å². The van der Waals surface area contributed by atoms with Crippen LogP contribution in [-0.2, 0) is 9.47 Å². The SMILES string of the molecule is C#CCCOCCOCCCCCNC(=O)NC12CC3CC(CC(C3)C1)C2. The van der Waals surface area contributed by atoms with Gasteiger partial charge in [-0.05, 0) is 75.5 Å². The van der Waals surface area contributed by atoms with E-state index in [1.807, 2.05) is 0 Å². The number of unbranched alkanes of at least 4 members (excludes halogenated alkanes) is 2. The van der Waals surface area contributed by atoms with Crippen LogP contribution in [-0.4, -0.2) is 44.5 Å². The molecule has 0 spiro atoms. The number of ether oxygens (including phenoxy) is 2. The molecule has 27 heavy (non-hydrogen) atoms. The Morgan fingerprint density at radius 3 is 2.19 bits per heavy atom. The molecule has 0 aromatic carbocycles. The van der Waals surface area contributed by atoms with Crippen LogP contribution < -0.4 is 10.6 Å². The number of carbonyl (C=O) groups is 1. The molecule has 4 aliphatic carbocycles. The second kappa shape index (κ2) is 10.3. The summed E-state index contributed by atoms with van der Waals surface area (Å²) in [5.41, 5.74) is 0.106. The Balaban J connectivity index is 1.17. The van der Waals surface area contributed by atoms with Crippen LogP contribution in [0.25, 0.3) is 0 Å². The predicted molar refractivity (Wildman–Crippen MR) is 106 cm³/mol. The van der Waals surface area contributed by atoms with Crippen molar-refractivity contribution in [2.24, 2.45) is 17.8 Å². The lowest BCUT2D eigenvalue weighted by atomic mass is 9.53. The minimum atomic E-state index is 0.0392. The lowest BCUT2D eigenvalue weighted by Gasteiger charge is -2.56. The minimum Gasteiger partial charge on any atom is -0.379 e. The van der Waals surface area contributed by atoms with Crippen LogP contribution in [0.1, 0.15) is 64.2 Å². The number of amides is 2. The zero-order valence-corrected chi connectivity index (χ0v) is 16.6. The molecule has 0 radical (unpaired) electrons. The van der Waals surface area contributed by atoms with Gasteiger partial charge < -0.3 is 20.1 Å². The van der Waals surface area contributed by atoms with E-state index in [1.165, 1.54) is 38.5 Å². The van der Waals surface area contributed by atoms with Crippen LogP contribution in [0.4, 0.5) is 4.79 Å². The topological polar surface area (TPSA) is 59.6 Å². The summed E-state index contributed by atoms with van der Waals surface area (Å²) >= 11 is 0. The van der Waals surface area contributed by atoms with Gasteiger partial charge in [-0.1, -0.05) is 0 Å². The van der Waals surface area contributed by atoms with E-state index >= 15 is 0 Å². The summed E-state index contributed by atoms with van der Waals surface area (Å²) in [6.07, 6.45) is 16.7. The second-order valence-corrected chi connectivity index (χ2v) is 8.82. The Hall–Kier alpha value is -1.25. The van der Waals surface area contributed by atoms with Gasteiger partial charge in [0.15, 0.2) is 0 Å². The summed E-state index contributed by atoms with van der Waals surface area (Å²) in [6, 6.07) is 0.0392. The van der Waals surface area contributed by atoms with Gasteiger partial charge in [-0.25, -0.2) is 4.79 Å². The maximum absolute atomic E-state index is 12.3. The average molecular weight is 377 g/mol. The fraction of sp³-hybridized carbons (Fsp3) is 0.864. The molecule has 0 unspecified atom stereocenters. The molecule has 4 saturated carbocycles. The van der Waals surface area contributed by atoms with Crippen molar-refractivity contribution < 1.29 is 14.3 Å². The number of rotatable bonds is 12. The summed E-state index contributed by atoms with van der Waals surface area (Å²) < 4.78 is 10.8. The highest BCUT2D eigenvalue weighted by Gasteiger charge is 2.51. The van der Waals surface area contributed by atoms with E-state index in [-0.39, 0.29) is 11.6 Å². The Morgan fingerprint density at radius 1 is 0.926 bits per heavy atom. The molecule has 5 heteroatoms. The second-order valence-electron chi connectivity index (χ2n) is 8.82. The monoisotopic (exact) mass is 376 g/mol. The molecule has 0 aromatic rings. The Bertz CT molecular complexity index is 479. The van der Waals surface area contributed by atoms with Crippen molar-refractivity contribution in [3.63, 3.8) is 0 Å². The van der Waals surface area contributed by atoms with Gasteiger partial charge in [0.05, 0.1) is 19.8 Å². The van der Waals surface area contributed by atoms with Crippen LogP contribution >= 0.6 is 0 Å². The molecule has 0 heterocycles. The normalized spacial score (nSPS) is 30.9. The number of hydrogen-bond donors (Lipinski definition) is 2. The molecular formula is C22H36N2O3. The zero-order chi connectivity index (χ0) is 19.0. The van der Waals surface area contributed by atoms with E-state index < -0.39 is 0 Å². The van der Waals surface area contributed by atoms with Crippen LogP contribution in [0.3, 0.4) is 0 Å². The van der Waals surface area contributed by atoms with Crippen molar-refractivity contribution in [2.75, 3.05) is 33.0 Å². The van der Waals surface area contributed by atoms with Crippen LogP contribution in [0.2, 0.25) is 0 Å². The Labute approximate surface area is 164 Å². The van der Waals surface area contributed by atoms with Gasteiger partial charge in [0, 0.05) is 25.1 Å². The smallest absolute Gasteiger partial charge is 0.315 e. The first-order valence-electron chi connectivity index (χ1n) is 10.8. The maximum atomic E-state index is 12.3. The van der Waals surface area contributed by atoms with Crippen molar-refractivity contribution in [3.05, 3.63) is 0 Å². The zero-order valence-electron chi connectivity index (χ0n) is 16.6. The predicted octanol–water partition coefficient (Wildman–Crippen LogP) is 3.48. The summed E-state index contributed by atoms with van der Waals surface area (Å²) in [6.45, 7) is 3.33. The summed E-state index contributed by atoms with van der Waals surface area (Å²) in [5.74, 6) is 5.12. The molecule has 0 atom stereocenters. The highest BCUT2D eigenvalue weighted by molar-refractivity contribution is 5.74. The first-order chi connectivity index (χ1) is 13.2. The van der Waals surface area contributed by atoms with Crippen molar-refractivity contribution in [3.8, 4) is 12.3 Å². The number of urea groups is 1. The third-order valence-electron chi connectivity index (χ3n) is 6.43. The van der Waals surface area contributed by atoms with Crippen LogP contribution in [0.5, 0.6) is 0 Å². The standard InChI is InChI=1S/C22H36N2O3/c1-2-3-8-26-10-11-27-9-6-4-5-7-23-21(25)24-22-15-18-12-19(16-22)14-20(13-18)17-22/h1,18-20H,3-17H2,(H2,23,24,25). The highest BCUT2D eigenvalue weighted by atomic mass is 16.5. The third-order valence-corrected chi connectivity index (χ3v) is 6.43. The largest absolute Gasteiger partial charge is 0.379 e. The van der Waals surface area contributed by atoms with Gasteiger partial charge in [-0.15, -0.1) is 12.3 Å². The van der Waals surface area contributed by atoms with Gasteiger partial charge in [0.2, 0.25) is 0 Å². The van der Waals surface area contributed by atoms with E-state index in [2.05, 4.69) is 16.6 Å². The molecule has 0 saturated heterocycles. The minimum absolute atomic E-state index is 0.0392. The molecule has 5 nitrogen and oxygen atoms in total. The molecule has 0 aliphatic heterocycles. The van der Waals surface area contributed by atoms with Crippen molar-refractivity contribution in [1.29, 1.82) is 0 Å². The molecule has 4 fully saturated rings. The van der Waals surface area contributed by atoms with Gasteiger partial charge in [-0.2, -0.15) is 0 Å². The fourth-order valence-corrected chi connectivity index (χ4v) is 5.71. The lowest BCUT2D eigenvalue weighted by Crippen LogP contribution is -2.61. The molecule has 4 aliphatic rings. The molecular weight excluding hydrogens is 340 g/mol. The highest BCUT2D eigenvalue weighted by Crippen LogP contribution is 2.55. The number of hydrogen-bond acceptors (Lipinski definition) is 3.